The number of rotatable bonds is 4. The van der Waals surface area contributed by atoms with Crippen LogP contribution < -0.4 is 5.32 Å². The van der Waals surface area contributed by atoms with Gasteiger partial charge in [-0.05, 0) is 31.2 Å². The largest absolute Gasteiger partial charge is 0.378 e. The van der Waals surface area contributed by atoms with Crippen LogP contribution in [-0.2, 0) is 0 Å². The van der Waals surface area contributed by atoms with E-state index in [9.17, 15) is 8.78 Å². The summed E-state index contributed by atoms with van der Waals surface area (Å²) in [5.74, 6) is -0.665. The molecule has 1 N–H and O–H groups in total. The first-order valence-electron chi connectivity index (χ1n) is 5.53. The van der Waals surface area contributed by atoms with E-state index in [0.717, 1.165) is 18.6 Å². The Labute approximate surface area is 98.8 Å². The van der Waals surface area contributed by atoms with Gasteiger partial charge in [0.05, 0.1) is 10.7 Å². The van der Waals surface area contributed by atoms with Crippen LogP contribution in [0, 0.1) is 17.6 Å². The third kappa shape index (κ3) is 2.46. The van der Waals surface area contributed by atoms with Crippen molar-refractivity contribution in [3.05, 3.63) is 28.8 Å². The van der Waals surface area contributed by atoms with E-state index < -0.39 is 11.6 Å². The van der Waals surface area contributed by atoms with Crippen LogP contribution in [0.15, 0.2) is 12.1 Å². The van der Waals surface area contributed by atoms with Gasteiger partial charge in [0, 0.05) is 12.1 Å². The van der Waals surface area contributed by atoms with Gasteiger partial charge in [0.1, 0.15) is 5.82 Å². The van der Waals surface area contributed by atoms with Crippen molar-refractivity contribution >= 4 is 17.3 Å². The summed E-state index contributed by atoms with van der Waals surface area (Å²) in [7, 11) is 0. The van der Waals surface area contributed by atoms with Gasteiger partial charge in [0.15, 0.2) is 5.82 Å². The molecule has 1 aromatic rings. The summed E-state index contributed by atoms with van der Waals surface area (Å²) >= 11 is 5.82. The van der Waals surface area contributed by atoms with Gasteiger partial charge in [-0.25, -0.2) is 8.78 Å². The molecule has 1 aliphatic rings. The van der Waals surface area contributed by atoms with Crippen LogP contribution in [0.3, 0.4) is 0 Å². The maximum atomic E-state index is 13.5. The zero-order valence-electron chi connectivity index (χ0n) is 9.06. The van der Waals surface area contributed by atoms with E-state index in [4.69, 9.17) is 11.6 Å². The molecule has 1 aliphatic carbocycles. The number of hydrogen-bond donors (Lipinski definition) is 1. The molecule has 0 saturated heterocycles. The molecule has 16 heavy (non-hydrogen) atoms. The second kappa shape index (κ2) is 4.58. The number of hydrogen-bond acceptors (Lipinski definition) is 1. The van der Waals surface area contributed by atoms with Crippen molar-refractivity contribution in [2.75, 3.05) is 5.32 Å². The number of anilines is 1. The lowest BCUT2D eigenvalue weighted by molar-refractivity contribution is 0.573. The first-order chi connectivity index (χ1) is 7.61. The zero-order chi connectivity index (χ0) is 11.7. The molecule has 0 amide bonds. The molecule has 88 valence electrons. The summed E-state index contributed by atoms with van der Waals surface area (Å²) in [5, 5.41) is 3.19. The van der Waals surface area contributed by atoms with E-state index in [1.165, 1.54) is 12.8 Å². The van der Waals surface area contributed by atoms with E-state index in [1.807, 2.05) is 6.92 Å². The van der Waals surface area contributed by atoms with Crippen molar-refractivity contribution in [1.82, 2.24) is 0 Å². The average Bonchev–Trinajstić information content (AvgIpc) is 3.00. The minimum absolute atomic E-state index is 0.108. The third-order valence-electron chi connectivity index (χ3n) is 2.97. The predicted octanol–water partition coefficient (Wildman–Crippen LogP) is 4.22. The number of halogens is 3. The Bertz CT molecular complexity index is 368. The molecule has 2 rings (SSSR count). The summed E-state index contributed by atoms with van der Waals surface area (Å²) < 4.78 is 26.4. The second-order valence-electron chi connectivity index (χ2n) is 4.24. The lowest BCUT2D eigenvalue weighted by Gasteiger charge is -2.19. The van der Waals surface area contributed by atoms with Gasteiger partial charge in [-0.2, -0.15) is 0 Å². The Morgan fingerprint density at radius 1 is 1.44 bits per heavy atom. The highest BCUT2D eigenvalue weighted by atomic mass is 35.5. The van der Waals surface area contributed by atoms with E-state index in [1.54, 1.807) is 0 Å². The van der Waals surface area contributed by atoms with Crippen LogP contribution in [0.1, 0.15) is 26.2 Å². The number of benzene rings is 1. The molecular formula is C12H14ClF2N. The SMILES string of the molecule is CCC(Nc1c(F)cc(F)cc1Cl)C1CC1. The third-order valence-corrected chi connectivity index (χ3v) is 3.27. The monoisotopic (exact) mass is 245 g/mol. The topological polar surface area (TPSA) is 12.0 Å². The van der Waals surface area contributed by atoms with E-state index >= 15 is 0 Å². The van der Waals surface area contributed by atoms with Crippen LogP contribution in [0.25, 0.3) is 0 Å². The molecule has 1 unspecified atom stereocenters. The molecule has 0 heterocycles. The number of nitrogens with one attached hydrogen (secondary N) is 1. The summed E-state index contributed by atoms with van der Waals surface area (Å²) in [6.45, 7) is 2.05. The predicted molar refractivity (Wildman–Crippen MR) is 61.8 cm³/mol. The fourth-order valence-electron chi connectivity index (χ4n) is 1.92. The molecular weight excluding hydrogens is 232 g/mol. The fraction of sp³-hybridized carbons (Fsp3) is 0.500. The van der Waals surface area contributed by atoms with Gasteiger partial charge >= 0.3 is 0 Å². The van der Waals surface area contributed by atoms with E-state index in [2.05, 4.69) is 5.32 Å². The van der Waals surface area contributed by atoms with Crippen molar-refractivity contribution in [1.29, 1.82) is 0 Å². The Morgan fingerprint density at radius 3 is 2.62 bits per heavy atom. The smallest absolute Gasteiger partial charge is 0.150 e. The van der Waals surface area contributed by atoms with Gasteiger partial charge in [0.25, 0.3) is 0 Å². The maximum Gasteiger partial charge on any atom is 0.150 e. The summed E-state index contributed by atoms with van der Waals surface area (Å²) in [6, 6.07) is 2.22. The second-order valence-corrected chi connectivity index (χ2v) is 4.65. The van der Waals surface area contributed by atoms with Crippen LogP contribution in [-0.4, -0.2) is 6.04 Å². The Balaban J connectivity index is 2.19. The molecule has 1 saturated carbocycles. The fourth-order valence-corrected chi connectivity index (χ4v) is 2.17. The van der Waals surface area contributed by atoms with Crippen molar-refractivity contribution in [2.24, 2.45) is 5.92 Å². The average molecular weight is 246 g/mol. The molecule has 0 aliphatic heterocycles. The summed E-state index contributed by atoms with van der Waals surface area (Å²) in [4.78, 5) is 0. The van der Waals surface area contributed by atoms with E-state index in [-0.39, 0.29) is 16.8 Å². The standard InChI is InChI=1S/C12H14ClF2N/c1-2-11(7-3-4-7)16-12-9(13)5-8(14)6-10(12)15/h5-7,11,16H,2-4H2,1H3. The first-order valence-corrected chi connectivity index (χ1v) is 5.90. The molecule has 1 fully saturated rings. The van der Waals surface area contributed by atoms with Gasteiger partial charge in [-0.15, -0.1) is 0 Å². The minimum atomic E-state index is -0.646. The summed E-state index contributed by atoms with van der Waals surface area (Å²) in [6.07, 6.45) is 3.26. The first kappa shape index (κ1) is 11.6. The molecule has 1 aromatic carbocycles. The molecule has 4 heteroatoms. The molecule has 0 bridgehead atoms. The Kier molecular flexibility index (Phi) is 3.33. The van der Waals surface area contributed by atoms with Gasteiger partial charge in [0.2, 0.25) is 0 Å². The molecule has 1 atom stereocenters. The lowest BCUT2D eigenvalue weighted by atomic mass is 10.1. The molecule has 0 radical (unpaired) electrons. The maximum absolute atomic E-state index is 13.5. The molecule has 1 nitrogen and oxygen atoms in total. The highest BCUT2D eigenvalue weighted by molar-refractivity contribution is 6.33. The van der Waals surface area contributed by atoms with Crippen molar-refractivity contribution in [3.8, 4) is 0 Å². The Hall–Kier alpha value is -0.830. The van der Waals surface area contributed by atoms with Crippen LogP contribution >= 0.6 is 11.6 Å². The van der Waals surface area contributed by atoms with Crippen LogP contribution in [0.4, 0.5) is 14.5 Å². The van der Waals surface area contributed by atoms with E-state index in [0.29, 0.717) is 5.92 Å². The van der Waals surface area contributed by atoms with Gasteiger partial charge in [-0.3, -0.25) is 0 Å². The minimum Gasteiger partial charge on any atom is -0.378 e. The zero-order valence-corrected chi connectivity index (χ0v) is 9.82. The van der Waals surface area contributed by atoms with Crippen LogP contribution in [0.5, 0.6) is 0 Å². The summed E-state index contributed by atoms with van der Waals surface area (Å²) in [5.41, 5.74) is 0.224. The van der Waals surface area contributed by atoms with Gasteiger partial charge < -0.3 is 5.32 Å². The normalized spacial score (nSPS) is 17.2. The molecule has 0 aromatic heterocycles. The molecule has 0 spiro atoms. The van der Waals surface area contributed by atoms with Gasteiger partial charge in [-0.1, -0.05) is 18.5 Å². The lowest BCUT2D eigenvalue weighted by Crippen LogP contribution is -2.21. The highest BCUT2D eigenvalue weighted by Crippen LogP contribution is 2.37. The van der Waals surface area contributed by atoms with Crippen molar-refractivity contribution < 1.29 is 8.78 Å². The Morgan fingerprint density at radius 2 is 2.12 bits per heavy atom. The quantitative estimate of drug-likeness (QED) is 0.838. The van der Waals surface area contributed by atoms with Crippen molar-refractivity contribution in [2.45, 2.75) is 32.2 Å². The van der Waals surface area contributed by atoms with Crippen molar-refractivity contribution in [3.63, 3.8) is 0 Å². The highest BCUT2D eigenvalue weighted by Gasteiger charge is 2.30. The van der Waals surface area contributed by atoms with Crippen LogP contribution in [0.2, 0.25) is 5.02 Å².